The largest absolute Gasteiger partial charge is 0.444 e. The number of carbonyl (C=O) groups is 3. The molecule has 148 valence electrons. The van der Waals surface area contributed by atoms with Crippen LogP contribution in [-0.4, -0.2) is 53.1 Å². The van der Waals surface area contributed by atoms with E-state index in [-0.39, 0.29) is 17.9 Å². The monoisotopic (exact) mass is 367 g/mol. The molecule has 0 aromatic carbocycles. The van der Waals surface area contributed by atoms with Gasteiger partial charge < -0.3 is 20.3 Å². The van der Waals surface area contributed by atoms with Gasteiger partial charge in [0.25, 0.3) is 0 Å². The number of carbonyl (C=O) groups excluding carboxylic acids is 3. The van der Waals surface area contributed by atoms with Crippen LogP contribution in [0.1, 0.15) is 67.2 Å². The summed E-state index contributed by atoms with van der Waals surface area (Å²) in [4.78, 5) is 39.5. The molecule has 1 unspecified atom stereocenters. The fourth-order valence-electron chi connectivity index (χ4n) is 3.07. The number of nitrogens with one attached hydrogen (secondary N) is 2. The number of hydrogen-bond acceptors (Lipinski definition) is 4. The third-order valence-electron chi connectivity index (χ3n) is 4.54. The van der Waals surface area contributed by atoms with Gasteiger partial charge in [-0.05, 0) is 51.9 Å². The molecule has 26 heavy (non-hydrogen) atoms. The lowest BCUT2D eigenvalue weighted by Gasteiger charge is -2.35. The highest BCUT2D eigenvalue weighted by atomic mass is 16.6. The van der Waals surface area contributed by atoms with E-state index in [0.717, 1.165) is 19.3 Å². The lowest BCUT2D eigenvalue weighted by Crippen LogP contribution is -2.58. The van der Waals surface area contributed by atoms with Crippen molar-refractivity contribution in [2.75, 3.05) is 6.54 Å². The molecule has 1 saturated heterocycles. The summed E-state index contributed by atoms with van der Waals surface area (Å²) in [7, 11) is 0. The fraction of sp³-hybridized carbons (Fsp3) is 0.842. The van der Waals surface area contributed by atoms with Gasteiger partial charge in [-0.3, -0.25) is 9.59 Å². The van der Waals surface area contributed by atoms with E-state index in [4.69, 9.17) is 4.74 Å². The second-order valence-corrected chi connectivity index (χ2v) is 9.42. The van der Waals surface area contributed by atoms with Crippen molar-refractivity contribution in [1.82, 2.24) is 15.5 Å². The average Bonchev–Trinajstić information content (AvgIpc) is 3.13. The minimum atomic E-state index is -0.758. The summed E-state index contributed by atoms with van der Waals surface area (Å²) in [5, 5.41) is 5.70. The first kappa shape index (κ1) is 20.5. The molecule has 2 N–H and O–H groups in total. The van der Waals surface area contributed by atoms with Gasteiger partial charge in [0.2, 0.25) is 11.8 Å². The van der Waals surface area contributed by atoms with Crippen LogP contribution in [0.3, 0.4) is 0 Å². The standard InChI is InChI=1S/C19H33N3O4/c1-18(2,3)14(21-17(25)26-19(4,5)6)16(24)22-11-7-8-13(22)15(23)20-12-9-10-12/h12-14H,7-11H2,1-6H3,(H,20,23)(H,21,25)/t13-,14?/m0/s1. The van der Waals surface area contributed by atoms with E-state index in [0.29, 0.717) is 13.0 Å². The molecular weight excluding hydrogens is 334 g/mol. The minimum absolute atomic E-state index is 0.0803. The zero-order valence-electron chi connectivity index (χ0n) is 16.8. The van der Waals surface area contributed by atoms with Crippen LogP contribution in [0.4, 0.5) is 4.79 Å². The molecule has 0 aromatic rings. The Balaban J connectivity index is 2.09. The van der Waals surface area contributed by atoms with Gasteiger partial charge in [-0.15, -0.1) is 0 Å². The molecule has 2 aliphatic rings. The van der Waals surface area contributed by atoms with E-state index in [9.17, 15) is 14.4 Å². The Bertz CT molecular complexity index is 558. The van der Waals surface area contributed by atoms with Gasteiger partial charge in [0.05, 0.1) is 0 Å². The molecule has 1 aliphatic heterocycles. The van der Waals surface area contributed by atoms with E-state index in [1.165, 1.54) is 0 Å². The van der Waals surface area contributed by atoms with Crippen molar-refractivity contribution < 1.29 is 19.1 Å². The normalized spacial score (nSPS) is 21.9. The Hall–Kier alpha value is -1.79. The molecule has 2 fully saturated rings. The van der Waals surface area contributed by atoms with E-state index in [1.807, 2.05) is 20.8 Å². The maximum atomic E-state index is 13.2. The van der Waals surface area contributed by atoms with Crippen LogP contribution in [0.2, 0.25) is 0 Å². The van der Waals surface area contributed by atoms with Crippen molar-refractivity contribution in [2.45, 2.75) is 91.0 Å². The van der Waals surface area contributed by atoms with Crippen molar-refractivity contribution >= 4 is 17.9 Å². The summed E-state index contributed by atoms with van der Waals surface area (Å²) in [5.74, 6) is -0.305. The smallest absolute Gasteiger partial charge is 0.408 e. The second kappa shape index (κ2) is 7.45. The van der Waals surface area contributed by atoms with Crippen LogP contribution < -0.4 is 10.6 Å². The maximum absolute atomic E-state index is 13.2. The highest BCUT2D eigenvalue weighted by Gasteiger charge is 2.43. The van der Waals surface area contributed by atoms with Crippen molar-refractivity contribution in [3.05, 3.63) is 0 Å². The lowest BCUT2D eigenvalue weighted by atomic mass is 9.85. The molecule has 7 nitrogen and oxygen atoms in total. The van der Waals surface area contributed by atoms with Crippen molar-refractivity contribution in [3.8, 4) is 0 Å². The summed E-state index contributed by atoms with van der Waals surface area (Å²) < 4.78 is 5.31. The average molecular weight is 367 g/mol. The first-order chi connectivity index (χ1) is 11.9. The molecular formula is C19H33N3O4. The molecule has 2 atom stereocenters. The number of alkyl carbamates (subject to hydrolysis) is 1. The van der Waals surface area contributed by atoms with E-state index in [2.05, 4.69) is 10.6 Å². The topological polar surface area (TPSA) is 87.7 Å². The number of ether oxygens (including phenoxy) is 1. The second-order valence-electron chi connectivity index (χ2n) is 9.42. The van der Waals surface area contributed by atoms with Crippen LogP contribution >= 0.6 is 0 Å². The van der Waals surface area contributed by atoms with Crippen LogP contribution in [-0.2, 0) is 14.3 Å². The molecule has 0 radical (unpaired) electrons. The molecule has 0 bridgehead atoms. The Morgan fingerprint density at radius 1 is 1.04 bits per heavy atom. The Morgan fingerprint density at radius 3 is 2.15 bits per heavy atom. The van der Waals surface area contributed by atoms with Crippen LogP contribution in [0, 0.1) is 5.41 Å². The van der Waals surface area contributed by atoms with Gasteiger partial charge in [-0.25, -0.2) is 4.79 Å². The molecule has 0 aromatic heterocycles. The number of amides is 3. The quantitative estimate of drug-likeness (QED) is 0.797. The van der Waals surface area contributed by atoms with Crippen molar-refractivity contribution in [1.29, 1.82) is 0 Å². The predicted molar refractivity (Wildman–Crippen MR) is 98.5 cm³/mol. The first-order valence-corrected chi connectivity index (χ1v) is 9.49. The van der Waals surface area contributed by atoms with Gasteiger partial charge >= 0.3 is 6.09 Å². The minimum Gasteiger partial charge on any atom is -0.444 e. The van der Waals surface area contributed by atoms with Gasteiger partial charge in [-0.2, -0.15) is 0 Å². The van der Waals surface area contributed by atoms with Crippen LogP contribution in [0.5, 0.6) is 0 Å². The molecule has 0 spiro atoms. The Kier molecular flexibility index (Phi) is 5.88. The summed E-state index contributed by atoms with van der Waals surface area (Å²) in [6.45, 7) is 11.5. The molecule has 7 heteroatoms. The number of rotatable bonds is 4. The Labute approximate surface area is 156 Å². The zero-order valence-corrected chi connectivity index (χ0v) is 16.8. The predicted octanol–water partition coefficient (Wildman–Crippen LogP) is 2.20. The van der Waals surface area contributed by atoms with Crippen LogP contribution in [0.25, 0.3) is 0 Å². The van der Waals surface area contributed by atoms with Crippen molar-refractivity contribution in [2.24, 2.45) is 5.41 Å². The van der Waals surface area contributed by atoms with Gasteiger partial charge in [0, 0.05) is 12.6 Å². The van der Waals surface area contributed by atoms with Gasteiger partial charge in [-0.1, -0.05) is 20.8 Å². The third kappa shape index (κ3) is 5.61. The van der Waals surface area contributed by atoms with Crippen molar-refractivity contribution in [3.63, 3.8) is 0 Å². The third-order valence-corrected chi connectivity index (χ3v) is 4.54. The molecule has 1 saturated carbocycles. The fourth-order valence-corrected chi connectivity index (χ4v) is 3.07. The van der Waals surface area contributed by atoms with E-state index >= 15 is 0 Å². The summed E-state index contributed by atoms with van der Waals surface area (Å²) >= 11 is 0. The summed E-state index contributed by atoms with van der Waals surface area (Å²) in [6, 6.07) is -0.946. The molecule has 2 rings (SSSR count). The van der Waals surface area contributed by atoms with Gasteiger partial charge in [0.15, 0.2) is 0 Å². The molecule has 1 aliphatic carbocycles. The van der Waals surface area contributed by atoms with Crippen LogP contribution in [0.15, 0.2) is 0 Å². The lowest BCUT2D eigenvalue weighted by molar-refractivity contribution is -0.142. The highest BCUT2D eigenvalue weighted by Crippen LogP contribution is 2.27. The molecule has 3 amide bonds. The first-order valence-electron chi connectivity index (χ1n) is 9.49. The highest BCUT2D eigenvalue weighted by molar-refractivity contribution is 5.92. The SMILES string of the molecule is CC(C)(C)OC(=O)NC(C(=O)N1CCC[C@H]1C(=O)NC1CC1)C(C)(C)C. The number of likely N-dealkylation sites (tertiary alicyclic amines) is 1. The maximum Gasteiger partial charge on any atom is 0.408 e. The van der Waals surface area contributed by atoms with Gasteiger partial charge in [0.1, 0.15) is 17.7 Å². The molecule has 1 heterocycles. The summed E-state index contributed by atoms with van der Waals surface area (Å²) in [5.41, 5.74) is -1.15. The number of nitrogens with zero attached hydrogens (tertiary/aromatic N) is 1. The summed E-state index contributed by atoms with van der Waals surface area (Å²) in [6.07, 6.45) is 2.85. The van der Waals surface area contributed by atoms with E-state index in [1.54, 1.807) is 25.7 Å². The van der Waals surface area contributed by atoms with E-state index < -0.39 is 29.2 Å². The zero-order chi connectivity index (χ0) is 19.7. The Morgan fingerprint density at radius 2 is 1.65 bits per heavy atom. The number of hydrogen-bond donors (Lipinski definition) is 2.